The highest BCUT2D eigenvalue weighted by atomic mass is 16.5. The fourth-order valence-corrected chi connectivity index (χ4v) is 2.75. The lowest BCUT2D eigenvalue weighted by Crippen LogP contribution is -2.40. The Morgan fingerprint density at radius 2 is 1.89 bits per heavy atom. The van der Waals surface area contributed by atoms with Gasteiger partial charge >= 0.3 is 0 Å². The zero-order chi connectivity index (χ0) is 13.5. The summed E-state index contributed by atoms with van der Waals surface area (Å²) in [5.41, 5.74) is 0. The molecule has 108 valence electrons. The monoisotopic (exact) mass is 267 g/mol. The van der Waals surface area contributed by atoms with Gasteiger partial charge in [-0.3, -0.25) is 0 Å². The van der Waals surface area contributed by atoms with Gasteiger partial charge in [0.05, 0.1) is 12.3 Å². The molecule has 0 radical (unpaired) electrons. The molecule has 1 aliphatic heterocycles. The van der Waals surface area contributed by atoms with Gasteiger partial charge in [0.25, 0.3) is 0 Å². The summed E-state index contributed by atoms with van der Waals surface area (Å²) < 4.78 is 6.03. The number of nitrogens with zero attached hydrogens (tertiary/aromatic N) is 3. The van der Waals surface area contributed by atoms with Crippen LogP contribution in [0.1, 0.15) is 44.9 Å². The molecule has 1 fully saturated rings. The number of hydrogen-bond donors (Lipinski definition) is 1. The van der Waals surface area contributed by atoms with Crippen LogP contribution in [0.3, 0.4) is 0 Å². The Morgan fingerprint density at radius 1 is 1.21 bits per heavy atom. The van der Waals surface area contributed by atoms with Gasteiger partial charge in [0.2, 0.25) is 0 Å². The van der Waals surface area contributed by atoms with Crippen molar-refractivity contribution in [2.45, 2.75) is 57.2 Å². The Kier molecular flexibility index (Phi) is 5.51. The number of hydrogen-bond acceptors (Lipinski definition) is 5. The maximum Gasteiger partial charge on any atom is 0.142 e. The number of rotatable bonds is 4. The summed E-state index contributed by atoms with van der Waals surface area (Å²) in [5, 5.41) is 11.8. The minimum Gasteiger partial charge on any atom is -0.411 e. The first kappa shape index (κ1) is 14.2. The Morgan fingerprint density at radius 3 is 2.58 bits per heavy atom. The SMILES string of the molecule is CN1C=CN(COC2CCCCCCC2)C1/C=N\O. The largest absolute Gasteiger partial charge is 0.411 e. The second kappa shape index (κ2) is 7.38. The van der Waals surface area contributed by atoms with Gasteiger partial charge in [-0.2, -0.15) is 0 Å². The lowest BCUT2D eigenvalue weighted by Gasteiger charge is -2.29. The van der Waals surface area contributed by atoms with Crippen LogP contribution in [0.4, 0.5) is 0 Å². The van der Waals surface area contributed by atoms with Gasteiger partial charge in [-0.1, -0.05) is 37.3 Å². The van der Waals surface area contributed by atoms with Crippen LogP contribution in [-0.4, -0.2) is 47.3 Å². The van der Waals surface area contributed by atoms with Crippen LogP contribution in [0.15, 0.2) is 17.6 Å². The molecule has 0 aromatic rings. The van der Waals surface area contributed by atoms with Gasteiger partial charge in [0.15, 0.2) is 0 Å². The number of oxime groups is 1. The van der Waals surface area contributed by atoms with E-state index in [1.807, 2.05) is 29.2 Å². The fraction of sp³-hybridized carbons (Fsp3) is 0.786. The van der Waals surface area contributed by atoms with Gasteiger partial charge in [0, 0.05) is 19.4 Å². The van der Waals surface area contributed by atoms with Crippen LogP contribution in [0, 0.1) is 0 Å². The lowest BCUT2D eigenvalue weighted by molar-refractivity contribution is -0.0274. The minimum atomic E-state index is -0.0430. The second-order valence-electron chi connectivity index (χ2n) is 5.42. The molecular weight excluding hydrogens is 242 g/mol. The summed E-state index contributed by atoms with van der Waals surface area (Å²) in [6.45, 7) is 0.558. The normalized spacial score (nSPS) is 26.1. The zero-order valence-electron chi connectivity index (χ0n) is 11.7. The molecule has 19 heavy (non-hydrogen) atoms. The Balaban J connectivity index is 1.78. The molecule has 0 bridgehead atoms. The van der Waals surface area contributed by atoms with Crippen LogP contribution in [0.5, 0.6) is 0 Å². The average Bonchev–Trinajstić information content (AvgIpc) is 2.70. The Labute approximate surface area is 115 Å². The summed E-state index contributed by atoms with van der Waals surface area (Å²) in [6.07, 6.45) is 14.8. The summed E-state index contributed by atoms with van der Waals surface area (Å²) in [7, 11) is 1.96. The first-order valence-electron chi connectivity index (χ1n) is 7.26. The molecule has 2 rings (SSSR count). The first-order chi connectivity index (χ1) is 9.31. The fourth-order valence-electron chi connectivity index (χ4n) is 2.75. The van der Waals surface area contributed by atoms with Crippen molar-refractivity contribution in [2.75, 3.05) is 13.8 Å². The maximum atomic E-state index is 8.70. The molecule has 2 aliphatic rings. The van der Waals surface area contributed by atoms with E-state index in [4.69, 9.17) is 9.94 Å². The van der Waals surface area contributed by atoms with Gasteiger partial charge < -0.3 is 19.7 Å². The molecule has 1 aliphatic carbocycles. The summed E-state index contributed by atoms with van der Waals surface area (Å²) in [4.78, 5) is 4.03. The Bertz CT molecular complexity index is 312. The molecule has 1 heterocycles. The van der Waals surface area contributed by atoms with E-state index in [0.717, 1.165) is 0 Å². The van der Waals surface area contributed by atoms with Crippen LogP contribution in [0.2, 0.25) is 0 Å². The van der Waals surface area contributed by atoms with E-state index < -0.39 is 0 Å². The highest BCUT2D eigenvalue weighted by molar-refractivity contribution is 5.64. The number of ether oxygens (including phenoxy) is 1. The van der Waals surface area contributed by atoms with Crippen LogP contribution < -0.4 is 0 Å². The first-order valence-corrected chi connectivity index (χ1v) is 7.26. The highest BCUT2D eigenvalue weighted by Crippen LogP contribution is 2.20. The average molecular weight is 267 g/mol. The topological polar surface area (TPSA) is 48.3 Å². The van der Waals surface area contributed by atoms with Gasteiger partial charge in [0.1, 0.15) is 12.9 Å². The molecule has 1 saturated carbocycles. The predicted octanol–water partition coefficient (Wildman–Crippen LogP) is 2.58. The molecule has 5 nitrogen and oxygen atoms in total. The van der Waals surface area contributed by atoms with Gasteiger partial charge in [-0.05, 0) is 12.8 Å². The van der Waals surface area contributed by atoms with Crippen molar-refractivity contribution in [3.63, 3.8) is 0 Å². The molecule has 0 spiro atoms. The third-order valence-corrected chi connectivity index (χ3v) is 3.96. The van der Waals surface area contributed by atoms with E-state index in [1.54, 1.807) is 0 Å². The van der Waals surface area contributed by atoms with Crippen molar-refractivity contribution in [1.82, 2.24) is 9.80 Å². The molecular formula is C14H25N3O2. The molecule has 0 aromatic carbocycles. The van der Waals surface area contributed by atoms with Gasteiger partial charge in [-0.25, -0.2) is 0 Å². The van der Waals surface area contributed by atoms with Crippen molar-refractivity contribution in [2.24, 2.45) is 5.16 Å². The molecule has 5 heteroatoms. The second-order valence-corrected chi connectivity index (χ2v) is 5.42. The molecule has 1 unspecified atom stereocenters. The van der Waals surface area contributed by atoms with E-state index in [1.165, 1.54) is 51.2 Å². The van der Waals surface area contributed by atoms with Gasteiger partial charge in [-0.15, -0.1) is 0 Å². The van der Waals surface area contributed by atoms with E-state index >= 15 is 0 Å². The van der Waals surface area contributed by atoms with E-state index in [9.17, 15) is 0 Å². The highest BCUT2D eigenvalue weighted by Gasteiger charge is 2.23. The Hall–Kier alpha value is -1.23. The predicted molar refractivity (Wildman–Crippen MR) is 74.9 cm³/mol. The van der Waals surface area contributed by atoms with Crippen molar-refractivity contribution in [1.29, 1.82) is 0 Å². The van der Waals surface area contributed by atoms with E-state index in [0.29, 0.717) is 12.8 Å². The summed E-state index contributed by atoms with van der Waals surface area (Å²) in [6, 6.07) is 0. The van der Waals surface area contributed by atoms with E-state index in [2.05, 4.69) is 5.16 Å². The lowest BCUT2D eigenvalue weighted by atomic mass is 9.99. The van der Waals surface area contributed by atoms with Crippen molar-refractivity contribution in [3.8, 4) is 0 Å². The summed E-state index contributed by atoms with van der Waals surface area (Å²) in [5.74, 6) is 0. The van der Waals surface area contributed by atoms with E-state index in [-0.39, 0.29) is 6.17 Å². The molecule has 1 N–H and O–H groups in total. The van der Waals surface area contributed by atoms with Crippen molar-refractivity contribution < 1.29 is 9.94 Å². The third kappa shape index (κ3) is 4.13. The zero-order valence-corrected chi connectivity index (χ0v) is 11.7. The third-order valence-electron chi connectivity index (χ3n) is 3.96. The minimum absolute atomic E-state index is 0.0430. The summed E-state index contributed by atoms with van der Waals surface area (Å²) >= 11 is 0. The van der Waals surface area contributed by atoms with Crippen LogP contribution in [0.25, 0.3) is 0 Å². The van der Waals surface area contributed by atoms with Crippen molar-refractivity contribution in [3.05, 3.63) is 12.4 Å². The standard InChI is InChI=1S/C14H25N3O2/c1-16-9-10-17(14(16)11-15-18)12-19-13-7-5-3-2-4-6-8-13/h9-11,13-14,18H,2-8,12H2,1H3/b15-11-. The smallest absolute Gasteiger partial charge is 0.142 e. The van der Waals surface area contributed by atoms with Crippen LogP contribution >= 0.6 is 0 Å². The maximum absolute atomic E-state index is 8.70. The molecule has 1 atom stereocenters. The quantitative estimate of drug-likeness (QED) is 0.483. The molecule has 0 saturated heterocycles. The molecule has 0 aromatic heterocycles. The van der Waals surface area contributed by atoms with Crippen LogP contribution in [-0.2, 0) is 4.74 Å². The molecule has 0 amide bonds. The van der Waals surface area contributed by atoms with Crippen molar-refractivity contribution >= 4 is 6.21 Å².